The van der Waals surface area contributed by atoms with Gasteiger partial charge in [0, 0.05) is 26.3 Å². The van der Waals surface area contributed by atoms with Gasteiger partial charge in [-0.2, -0.15) is 0 Å². The lowest BCUT2D eigenvalue weighted by atomic mass is 10.2. The number of thioether (sulfide) groups is 2. The highest BCUT2D eigenvalue weighted by atomic mass is 35.5. The fraction of sp³-hybridized carbons (Fsp3) is 0.0909. The summed E-state index contributed by atoms with van der Waals surface area (Å²) in [5.74, 6) is 0.777. The van der Waals surface area contributed by atoms with Crippen LogP contribution in [0.3, 0.4) is 0 Å². The van der Waals surface area contributed by atoms with Crippen molar-refractivity contribution >= 4 is 46.8 Å². The first-order valence-corrected chi connectivity index (χ1v) is 10.9. The molecular weight excluding hydrogens is 410 g/mol. The molecule has 0 saturated heterocycles. The molecule has 0 radical (unpaired) electrons. The van der Waals surface area contributed by atoms with Crippen molar-refractivity contribution in [1.29, 1.82) is 0 Å². The van der Waals surface area contributed by atoms with E-state index in [9.17, 15) is 4.79 Å². The summed E-state index contributed by atoms with van der Waals surface area (Å²) in [6.07, 6.45) is 0. The largest absolute Gasteiger partial charge is 0.365 e. The van der Waals surface area contributed by atoms with Crippen LogP contribution < -0.4 is 0 Å². The van der Waals surface area contributed by atoms with E-state index in [-0.39, 0.29) is 0 Å². The Morgan fingerprint density at radius 1 is 0.786 bits per heavy atom. The zero-order chi connectivity index (χ0) is 19.6. The van der Waals surface area contributed by atoms with Gasteiger partial charge in [0.15, 0.2) is 0 Å². The molecule has 0 N–H and O–H groups in total. The van der Waals surface area contributed by atoms with E-state index in [2.05, 4.69) is 5.16 Å². The summed E-state index contributed by atoms with van der Waals surface area (Å²) >= 11 is 9.18. The summed E-state index contributed by atoms with van der Waals surface area (Å²) in [5.41, 5.74) is 1.21. The quantitative estimate of drug-likeness (QED) is 0.179. The Morgan fingerprint density at radius 2 is 1.29 bits per heavy atom. The van der Waals surface area contributed by atoms with Gasteiger partial charge in [-0.15, -0.1) is 23.5 Å². The first-order valence-electron chi connectivity index (χ1n) is 8.59. The van der Waals surface area contributed by atoms with E-state index in [0.717, 1.165) is 15.5 Å². The molecular formula is C22H18ClNO2S2. The van der Waals surface area contributed by atoms with Gasteiger partial charge in [-0.3, -0.25) is 0 Å². The fourth-order valence-corrected chi connectivity index (χ4v) is 4.14. The monoisotopic (exact) mass is 427 g/mol. The number of carbonyl (C=O) groups is 1. The van der Waals surface area contributed by atoms with Gasteiger partial charge in [-0.1, -0.05) is 53.2 Å². The highest BCUT2D eigenvalue weighted by Gasteiger charge is 2.09. The first kappa shape index (κ1) is 20.5. The zero-order valence-corrected chi connectivity index (χ0v) is 17.3. The summed E-state index contributed by atoms with van der Waals surface area (Å²) in [5, 5.41) is 4.71. The summed E-state index contributed by atoms with van der Waals surface area (Å²) in [7, 11) is 0. The van der Waals surface area contributed by atoms with Crippen molar-refractivity contribution in [3.8, 4) is 0 Å². The number of oxime groups is 1. The minimum Gasteiger partial charge on any atom is -0.313 e. The van der Waals surface area contributed by atoms with Crippen LogP contribution in [0, 0.1) is 0 Å². The van der Waals surface area contributed by atoms with E-state index in [1.807, 2.05) is 60.7 Å². The third kappa shape index (κ3) is 6.75. The number of carbonyl (C=O) groups excluding carboxylic acids is 1. The maximum Gasteiger partial charge on any atom is 0.365 e. The van der Waals surface area contributed by atoms with Crippen LogP contribution >= 0.6 is 35.1 Å². The van der Waals surface area contributed by atoms with E-state index in [1.54, 1.807) is 47.8 Å². The van der Waals surface area contributed by atoms with Crippen LogP contribution in [0.1, 0.15) is 10.4 Å². The van der Waals surface area contributed by atoms with E-state index >= 15 is 0 Å². The molecule has 0 aliphatic rings. The Balaban J connectivity index is 1.65. The maximum atomic E-state index is 12.2. The molecule has 0 heterocycles. The topological polar surface area (TPSA) is 38.7 Å². The number of halogens is 1. The Kier molecular flexibility index (Phi) is 8.03. The van der Waals surface area contributed by atoms with E-state index in [4.69, 9.17) is 16.4 Å². The molecule has 0 bridgehead atoms. The van der Waals surface area contributed by atoms with Crippen LogP contribution in [-0.4, -0.2) is 23.2 Å². The molecule has 3 rings (SSSR count). The lowest BCUT2D eigenvalue weighted by molar-refractivity contribution is 0.0516. The van der Waals surface area contributed by atoms with Gasteiger partial charge in [0.2, 0.25) is 0 Å². The molecule has 0 aliphatic heterocycles. The molecule has 28 heavy (non-hydrogen) atoms. The number of hydrogen-bond acceptors (Lipinski definition) is 5. The Hall–Kier alpha value is -2.21. The minimum atomic E-state index is -0.497. The molecule has 0 aromatic heterocycles. The van der Waals surface area contributed by atoms with Gasteiger partial charge in [0.05, 0.1) is 11.3 Å². The van der Waals surface area contributed by atoms with Crippen LogP contribution in [0.25, 0.3) is 0 Å². The van der Waals surface area contributed by atoms with Crippen molar-refractivity contribution < 1.29 is 9.63 Å². The van der Waals surface area contributed by atoms with Crippen molar-refractivity contribution in [2.45, 2.75) is 9.79 Å². The highest BCUT2D eigenvalue weighted by molar-refractivity contribution is 8.01. The molecule has 0 atom stereocenters. The second-order valence-corrected chi connectivity index (χ2v) is 8.28. The summed E-state index contributed by atoms with van der Waals surface area (Å²) in [6, 6.07) is 26.7. The molecule has 0 fully saturated rings. The molecule has 0 unspecified atom stereocenters. The van der Waals surface area contributed by atoms with E-state index in [1.165, 1.54) is 0 Å². The van der Waals surface area contributed by atoms with Gasteiger partial charge < -0.3 is 4.84 Å². The maximum absolute atomic E-state index is 12.2. The average Bonchev–Trinajstić information content (AvgIpc) is 2.75. The van der Waals surface area contributed by atoms with Crippen LogP contribution in [0.15, 0.2) is 99.9 Å². The van der Waals surface area contributed by atoms with Gasteiger partial charge in [0.1, 0.15) is 0 Å². The molecule has 3 aromatic carbocycles. The smallest absolute Gasteiger partial charge is 0.313 e. The Bertz CT molecular complexity index is 871. The molecule has 3 aromatic rings. The SMILES string of the molecule is O=C(ON=C(CSc1ccccc1)CSc1ccccc1)c1ccc(Cl)cc1. The lowest BCUT2D eigenvalue weighted by Gasteiger charge is -2.07. The second kappa shape index (κ2) is 11.0. The molecule has 0 spiro atoms. The van der Waals surface area contributed by atoms with Crippen LogP contribution in [0.5, 0.6) is 0 Å². The van der Waals surface area contributed by atoms with Crippen LogP contribution in [0.2, 0.25) is 5.02 Å². The summed E-state index contributed by atoms with van der Waals surface area (Å²) in [4.78, 5) is 19.7. The van der Waals surface area contributed by atoms with Crippen molar-refractivity contribution in [3.05, 3.63) is 95.5 Å². The predicted molar refractivity (Wildman–Crippen MR) is 119 cm³/mol. The van der Waals surface area contributed by atoms with Crippen molar-refractivity contribution in [3.63, 3.8) is 0 Å². The third-order valence-electron chi connectivity index (χ3n) is 3.63. The number of hydrogen-bond donors (Lipinski definition) is 0. The molecule has 0 amide bonds. The van der Waals surface area contributed by atoms with Crippen molar-refractivity contribution in [2.75, 3.05) is 11.5 Å². The number of nitrogens with zero attached hydrogens (tertiary/aromatic N) is 1. The Labute approximate surface area is 178 Å². The zero-order valence-electron chi connectivity index (χ0n) is 15.0. The average molecular weight is 428 g/mol. The second-order valence-electron chi connectivity index (χ2n) is 5.75. The molecule has 142 valence electrons. The molecule has 0 aliphatic carbocycles. The van der Waals surface area contributed by atoms with Crippen molar-refractivity contribution in [1.82, 2.24) is 0 Å². The van der Waals surface area contributed by atoms with Crippen LogP contribution in [-0.2, 0) is 4.84 Å². The molecule has 0 saturated carbocycles. The van der Waals surface area contributed by atoms with E-state index < -0.39 is 5.97 Å². The third-order valence-corrected chi connectivity index (χ3v) is 6.05. The first-order chi connectivity index (χ1) is 13.7. The molecule has 6 heteroatoms. The van der Waals surface area contributed by atoms with Gasteiger partial charge in [0.25, 0.3) is 0 Å². The predicted octanol–water partition coefficient (Wildman–Crippen LogP) is 6.44. The number of benzene rings is 3. The highest BCUT2D eigenvalue weighted by Crippen LogP contribution is 2.22. The fourth-order valence-electron chi connectivity index (χ4n) is 2.21. The van der Waals surface area contributed by atoms with E-state index in [0.29, 0.717) is 22.1 Å². The van der Waals surface area contributed by atoms with Crippen molar-refractivity contribution in [2.24, 2.45) is 5.16 Å². The standard InChI is InChI=1S/C22H18ClNO2S2/c23-18-13-11-17(12-14-18)22(25)26-24-19(15-27-20-7-3-1-4-8-20)16-28-21-9-5-2-6-10-21/h1-14H,15-16H2. The minimum absolute atomic E-state index is 0.416. The number of rotatable bonds is 8. The summed E-state index contributed by atoms with van der Waals surface area (Å²) in [6.45, 7) is 0. The van der Waals surface area contributed by atoms with Gasteiger partial charge in [-0.25, -0.2) is 4.79 Å². The van der Waals surface area contributed by atoms with Crippen LogP contribution in [0.4, 0.5) is 0 Å². The Morgan fingerprint density at radius 3 is 1.79 bits per heavy atom. The molecule has 3 nitrogen and oxygen atoms in total. The summed E-state index contributed by atoms with van der Waals surface area (Å²) < 4.78 is 0. The lowest BCUT2D eigenvalue weighted by Crippen LogP contribution is -2.10. The normalized spacial score (nSPS) is 10.3. The van der Waals surface area contributed by atoms with Gasteiger partial charge >= 0.3 is 5.97 Å². The van der Waals surface area contributed by atoms with Gasteiger partial charge in [-0.05, 0) is 48.5 Å².